The van der Waals surface area contributed by atoms with Gasteiger partial charge in [0, 0.05) is 42.0 Å². The second kappa shape index (κ2) is 10.2. The summed E-state index contributed by atoms with van der Waals surface area (Å²) in [6, 6.07) is 18.1. The van der Waals surface area contributed by atoms with E-state index in [1.165, 1.54) is 0 Å². The number of carbonyl (C=O) groups is 2. The average molecular weight is 471 g/mol. The minimum Gasteiger partial charge on any atom is -0.480 e. The third kappa shape index (κ3) is 5.44. The largest absolute Gasteiger partial charge is 0.480 e. The van der Waals surface area contributed by atoms with Crippen LogP contribution < -0.4 is 5.32 Å². The Labute approximate surface area is 205 Å². The van der Waals surface area contributed by atoms with Crippen LogP contribution in [0.3, 0.4) is 0 Å². The van der Waals surface area contributed by atoms with Crippen molar-refractivity contribution in [1.82, 2.24) is 4.57 Å². The zero-order valence-corrected chi connectivity index (χ0v) is 20.5. The van der Waals surface area contributed by atoms with Crippen molar-refractivity contribution in [1.29, 1.82) is 0 Å². The lowest BCUT2D eigenvalue weighted by Gasteiger charge is -2.11. The first kappa shape index (κ1) is 24.2. The summed E-state index contributed by atoms with van der Waals surface area (Å²) in [5, 5.41) is 12.9. The number of hydrogen-bond acceptors (Lipinski definition) is 4. The van der Waals surface area contributed by atoms with Gasteiger partial charge in [-0.05, 0) is 61.7 Å². The molecule has 0 saturated carbocycles. The summed E-state index contributed by atoms with van der Waals surface area (Å²) < 4.78 is 7.41. The van der Waals surface area contributed by atoms with E-state index in [4.69, 9.17) is 9.84 Å². The zero-order chi connectivity index (χ0) is 25.1. The van der Waals surface area contributed by atoms with Gasteiger partial charge < -0.3 is 19.7 Å². The van der Waals surface area contributed by atoms with E-state index in [0.29, 0.717) is 17.7 Å². The third-order valence-corrected chi connectivity index (χ3v) is 6.15. The molecule has 0 aliphatic heterocycles. The molecule has 2 N–H and O–H groups in total. The van der Waals surface area contributed by atoms with Gasteiger partial charge in [0.2, 0.25) is 0 Å². The summed E-state index contributed by atoms with van der Waals surface area (Å²) in [5.41, 5.74) is 8.45. The van der Waals surface area contributed by atoms with Gasteiger partial charge in [0.05, 0.1) is 12.1 Å². The van der Waals surface area contributed by atoms with E-state index in [9.17, 15) is 9.59 Å². The van der Waals surface area contributed by atoms with Crippen LogP contribution in [0, 0.1) is 20.8 Å². The van der Waals surface area contributed by atoms with E-state index >= 15 is 0 Å². The topological polar surface area (TPSA) is 80.6 Å². The predicted octanol–water partition coefficient (Wildman–Crippen LogP) is 5.49. The number of carbonyl (C=O) groups excluding carboxylic acids is 1. The predicted molar refractivity (Wildman–Crippen MR) is 138 cm³/mol. The Morgan fingerprint density at radius 1 is 0.971 bits per heavy atom. The normalized spacial score (nSPS) is 11.1. The number of nitrogens with one attached hydrogen (secondary N) is 1. The molecule has 180 valence electrons. The monoisotopic (exact) mass is 470 g/mol. The van der Waals surface area contributed by atoms with Gasteiger partial charge in [0.15, 0.2) is 5.78 Å². The highest BCUT2D eigenvalue weighted by atomic mass is 16.5. The molecule has 0 radical (unpaired) electrons. The lowest BCUT2D eigenvalue weighted by molar-refractivity contribution is -0.142. The molecule has 0 fully saturated rings. The Morgan fingerprint density at radius 2 is 1.71 bits per heavy atom. The number of carboxylic acids is 1. The van der Waals surface area contributed by atoms with Crippen LogP contribution in [-0.2, 0) is 22.7 Å². The number of fused-ring (bicyclic) bond motifs is 1. The lowest BCUT2D eigenvalue weighted by atomic mass is 9.99. The Morgan fingerprint density at radius 3 is 2.40 bits per heavy atom. The second-order valence-electron chi connectivity index (χ2n) is 9.01. The maximum Gasteiger partial charge on any atom is 0.329 e. The van der Waals surface area contributed by atoms with Crippen molar-refractivity contribution < 1.29 is 19.4 Å². The van der Waals surface area contributed by atoms with Crippen molar-refractivity contribution in [3.63, 3.8) is 0 Å². The molecule has 6 nitrogen and oxygen atoms in total. The van der Waals surface area contributed by atoms with Gasteiger partial charge in [-0.1, -0.05) is 41.5 Å². The average Bonchev–Trinajstić information content (AvgIpc) is 3.17. The van der Waals surface area contributed by atoms with Crippen molar-refractivity contribution >= 4 is 28.3 Å². The fourth-order valence-electron chi connectivity index (χ4n) is 4.44. The first-order chi connectivity index (χ1) is 16.7. The Kier molecular flexibility index (Phi) is 7.03. The molecule has 0 atom stereocenters. The molecule has 0 bridgehead atoms. The van der Waals surface area contributed by atoms with Gasteiger partial charge in [0.25, 0.3) is 0 Å². The van der Waals surface area contributed by atoms with Gasteiger partial charge in [0.1, 0.15) is 6.61 Å². The summed E-state index contributed by atoms with van der Waals surface area (Å²) in [4.78, 5) is 24.4. The van der Waals surface area contributed by atoms with Crippen LogP contribution in [0.5, 0.6) is 0 Å². The molecule has 0 unspecified atom stereocenters. The molecular weight excluding hydrogens is 440 g/mol. The van der Waals surface area contributed by atoms with Crippen molar-refractivity contribution in [2.75, 3.05) is 19.0 Å². The van der Waals surface area contributed by atoms with Gasteiger partial charge in [-0.15, -0.1) is 0 Å². The second-order valence-corrected chi connectivity index (χ2v) is 9.01. The number of rotatable bonds is 9. The smallest absolute Gasteiger partial charge is 0.329 e. The van der Waals surface area contributed by atoms with Gasteiger partial charge in [-0.2, -0.15) is 0 Å². The molecular formula is C29H30N2O4. The Hall–Kier alpha value is -3.90. The minimum atomic E-state index is -0.987. The van der Waals surface area contributed by atoms with Crippen molar-refractivity contribution in [2.24, 2.45) is 0 Å². The fraction of sp³-hybridized carbons (Fsp3) is 0.241. The van der Waals surface area contributed by atoms with Gasteiger partial charge >= 0.3 is 5.97 Å². The highest BCUT2D eigenvalue weighted by Crippen LogP contribution is 2.28. The maximum atomic E-state index is 13.6. The zero-order valence-electron chi connectivity index (χ0n) is 20.5. The number of benzene rings is 3. The van der Waals surface area contributed by atoms with Crippen LogP contribution in [0.15, 0.2) is 60.8 Å². The van der Waals surface area contributed by atoms with E-state index in [0.717, 1.165) is 44.4 Å². The van der Waals surface area contributed by atoms with Gasteiger partial charge in [-0.3, -0.25) is 4.79 Å². The molecule has 0 saturated heterocycles. The number of ether oxygens (including phenoxy) is 1. The number of hydrogen-bond donors (Lipinski definition) is 2. The van der Waals surface area contributed by atoms with Crippen LogP contribution in [-0.4, -0.2) is 35.1 Å². The fourth-order valence-corrected chi connectivity index (χ4v) is 4.44. The summed E-state index contributed by atoms with van der Waals surface area (Å²) in [5.74, 6) is -0.983. The Bertz CT molecular complexity index is 1400. The molecule has 0 aliphatic carbocycles. The molecule has 4 aromatic rings. The van der Waals surface area contributed by atoms with E-state index in [1.807, 2.05) is 70.4 Å². The van der Waals surface area contributed by atoms with Crippen LogP contribution in [0.2, 0.25) is 0 Å². The molecule has 0 spiro atoms. The lowest BCUT2D eigenvalue weighted by Crippen LogP contribution is -2.08. The van der Waals surface area contributed by atoms with Crippen LogP contribution in [0.25, 0.3) is 10.9 Å². The van der Waals surface area contributed by atoms with Crippen LogP contribution in [0.4, 0.5) is 5.69 Å². The number of aliphatic carboxylic acids is 1. The summed E-state index contributed by atoms with van der Waals surface area (Å²) in [6.07, 6.45) is 1.94. The van der Waals surface area contributed by atoms with E-state index < -0.39 is 5.97 Å². The minimum absolute atomic E-state index is 0.00410. The van der Waals surface area contributed by atoms with Crippen LogP contribution in [0.1, 0.15) is 43.7 Å². The number of ketones is 1. The standard InChI is InChI=1S/C29H30N2O4/c1-18-9-19(2)11-22(10-18)29(34)26-15-31(27-13-24(30-4)7-8-25(26)27)14-21-6-5-20(3)23(12-21)16-35-17-28(32)33/h5-13,15,30H,14,16-17H2,1-4H3,(H,32,33). The maximum absolute atomic E-state index is 13.6. The van der Waals surface area contributed by atoms with Gasteiger partial charge in [-0.25, -0.2) is 4.79 Å². The number of anilines is 1. The molecule has 3 aromatic carbocycles. The van der Waals surface area contributed by atoms with Crippen LogP contribution >= 0.6 is 0 Å². The van der Waals surface area contributed by atoms with Crippen molar-refractivity contribution in [3.05, 3.63) is 99.7 Å². The number of nitrogens with zero attached hydrogens (tertiary/aromatic N) is 1. The first-order valence-electron chi connectivity index (χ1n) is 11.6. The molecule has 6 heteroatoms. The summed E-state index contributed by atoms with van der Waals surface area (Å²) in [6.45, 7) is 6.45. The molecule has 1 aromatic heterocycles. The quantitative estimate of drug-likeness (QED) is 0.316. The summed E-state index contributed by atoms with van der Waals surface area (Å²) in [7, 11) is 1.87. The number of aryl methyl sites for hydroxylation is 3. The number of carboxylic acid groups (broad SMARTS) is 1. The Balaban J connectivity index is 1.73. The first-order valence-corrected chi connectivity index (χ1v) is 11.6. The summed E-state index contributed by atoms with van der Waals surface area (Å²) >= 11 is 0. The van der Waals surface area contributed by atoms with E-state index in [-0.39, 0.29) is 19.0 Å². The van der Waals surface area contributed by atoms with Crippen molar-refractivity contribution in [2.45, 2.75) is 33.9 Å². The highest BCUT2D eigenvalue weighted by molar-refractivity contribution is 6.16. The van der Waals surface area contributed by atoms with Crippen molar-refractivity contribution in [3.8, 4) is 0 Å². The van der Waals surface area contributed by atoms with E-state index in [1.54, 1.807) is 0 Å². The third-order valence-electron chi connectivity index (χ3n) is 6.15. The SMILES string of the molecule is CNc1ccc2c(C(=O)c3cc(C)cc(C)c3)cn(Cc3ccc(C)c(COCC(=O)O)c3)c2c1. The molecule has 4 rings (SSSR count). The molecule has 35 heavy (non-hydrogen) atoms. The highest BCUT2D eigenvalue weighted by Gasteiger charge is 2.18. The number of aromatic nitrogens is 1. The molecule has 0 amide bonds. The molecule has 1 heterocycles. The van der Waals surface area contributed by atoms with E-state index in [2.05, 4.69) is 28.1 Å². The molecule has 0 aliphatic rings.